The number of ether oxygens (including phenoxy) is 1. The van der Waals surface area contributed by atoms with Crippen LogP contribution >= 0.6 is 0 Å². The Morgan fingerprint density at radius 2 is 2.00 bits per heavy atom. The fourth-order valence-corrected chi connectivity index (χ4v) is 1.85. The molecular formula is C16H18N2O2. The number of nitrogens with one attached hydrogen (secondary N) is 1. The molecule has 1 aromatic heterocycles. The smallest absolute Gasteiger partial charge is 0.213 e. The van der Waals surface area contributed by atoms with Crippen molar-refractivity contribution < 1.29 is 9.53 Å². The number of anilines is 1. The van der Waals surface area contributed by atoms with Gasteiger partial charge in [-0.3, -0.25) is 4.79 Å². The molecule has 1 heterocycles. The Bertz CT molecular complexity index is 579. The Hall–Kier alpha value is -2.36. The van der Waals surface area contributed by atoms with Crippen LogP contribution in [0.15, 0.2) is 42.6 Å². The summed E-state index contributed by atoms with van der Waals surface area (Å²) in [5, 5.41) is 3.30. The van der Waals surface area contributed by atoms with E-state index in [1.165, 1.54) is 0 Å². The van der Waals surface area contributed by atoms with Gasteiger partial charge in [-0.1, -0.05) is 6.92 Å². The Balaban J connectivity index is 1.98. The van der Waals surface area contributed by atoms with Crippen LogP contribution in [0.4, 0.5) is 5.69 Å². The maximum atomic E-state index is 11.5. The summed E-state index contributed by atoms with van der Waals surface area (Å²) in [6, 6.07) is 11.4. The molecule has 0 aliphatic rings. The van der Waals surface area contributed by atoms with Crippen molar-refractivity contribution in [3.8, 4) is 5.88 Å². The Morgan fingerprint density at radius 1 is 1.25 bits per heavy atom. The number of hydrogen-bond donors (Lipinski definition) is 1. The summed E-state index contributed by atoms with van der Waals surface area (Å²) in [4.78, 5) is 15.6. The molecule has 0 saturated heterocycles. The zero-order valence-corrected chi connectivity index (χ0v) is 11.7. The van der Waals surface area contributed by atoms with E-state index in [2.05, 4.69) is 10.3 Å². The Morgan fingerprint density at radius 3 is 2.65 bits per heavy atom. The molecule has 0 bridgehead atoms. The van der Waals surface area contributed by atoms with Gasteiger partial charge in [0.15, 0.2) is 5.78 Å². The molecule has 0 amide bonds. The molecule has 0 unspecified atom stereocenters. The molecule has 0 aliphatic heterocycles. The lowest BCUT2D eigenvalue weighted by Gasteiger charge is -2.08. The summed E-state index contributed by atoms with van der Waals surface area (Å²) in [7, 11) is 1.60. The summed E-state index contributed by atoms with van der Waals surface area (Å²) >= 11 is 0. The van der Waals surface area contributed by atoms with Gasteiger partial charge in [-0.05, 0) is 35.9 Å². The van der Waals surface area contributed by atoms with Gasteiger partial charge in [0.2, 0.25) is 5.88 Å². The second kappa shape index (κ2) is 6.70. The van der Waals surface area contributed by atoms with E-state index >= 15 is 0 Å². The van der Waals surface area contributed by atoms with Crippen LogP contribution < -0.4 is 10.1 Å². The topological polar surface area (TPSA) is 51.2 Å². The largest absolute Gasteiger partial charge is 0.481 e. The first-order valence-corrected chi connectivity index (χ1v) is 6.59. The quantitative estimate of drug-likeness (QED) is 0.818. The second-order valence-electron chi connectivity index (χ2n) is 4.41. The summed E-state index contributed by atoms with van der Waals surface area (Å²) in [6.07, 6.45) is 2.25. The van der Waals surface area contributed by atoms with Gasteiger partial charge in [0.05, 0.1) is 7.11 Å². The van der Waals surface area contributed by atoms with Crippen LogP contribution in [0.2, 0.25) is 0 Å². The zero-order chi connectivity index (χ0) is 14.4. The molecule has 4 nitrogen and oxygen atoms in total. The Kier molecular flexibility index (Phi) is 4.71. The SMILES string of the molecule is CCC(=O)c1ccc(NCc2ccnc(OC)c2)cc1. The van der Waals surface area contributed by atoms with Crippen molar-refractivity contribution in [3.63, 3.8) is 0 Å². The minimum atomic E-state index is 0.162. The molecule has 0 saturated carbocycles. The highest BCUT2D eigenvalue weighted by Crippen LogP contribution is 2.14. The zero-order valence-electron chi connectivity index (χ0n) is 11.7. The molecule has 2 aromatic rings. The van der Waals surface area contributed by atoms with E-state index in [0.29, 0.717) is 18.8 Å². The van der Waals surface area contributed by atoms with Crippen LogP contribution in [0.5, 0.6) is 5.88 Å². The number of carbonyl (C=O) groups excluding carboxylic acids is 1. The van der Waals surface area contributed by atoms with E-state index in [1.54, 1.807) is 13.3 Å². The molecule has 104 valence electrons. The maximum Gasteiger partial charge on any atom is 0.213 e. The maximum absolute atomic E-state index is 11.5. The van der Waals surface area contributed by atoms with Crippen LogP contribution in [0.1, 0.15) is 29.3 Å². The number of benzene rings is 1. The standard InChI is InChI=1S/C16H18N2O2/c1-3-15(19)13-4-6-14(7-5-13)18-11-12-8-9-17-16(10-12)20-2/h4-10,18H,3,11H2,1-2H3. The van der Waals surface area contributed by atoms with Gasteiger partial charge in [-0.2, -0.15) is 0 Å². The number of methoxy groups -OCH3 is 1. The fraction of sp³-hybridized carbons (Fsp3) is 0.250. The van der Waals surface area contributed by atoms with Crippen molar-refractivity contribution in [2.75, 3.05) is 12.4 Å². The molecule has 0 spiro atoms. The van der Waals surface area contributed by atoms with E-state index in [4.69, 9.17) is 4.74 Å². The molecule has 0 radical (unpaired) electrons. The average Bonchev–Trinajstić information content (AvgIpc) is 2.53. The number of rotatable bonds is 6. The number of Topliss-reactive ketones (excluding diaryl/α,β-unsaturated/α-hetero) is 1. The van der Waals surface area contributed by atoms with Crippen LogP contribution in [0.3, 0.4) is 0 Å². The van der Waals surface area contributed by atoms with Crippen molar-refractivity contribution in [2.24, 2.45) is 0 Å². The third-order valence-corrected chi connectivity index (χ3v) is 3.03. The first-order valence-electron chi connectivity index (χ1n) is 6.59. The van der Waals surface area contributed by atoms with E-state index in [0.717, 1.165) is 16.8 Å². The van der Waals surface area contributed by atoms with E-state index in [-0.39, 0.29) is 5.78 Å². The molecule has 1 aromatic carbocycles. The van der Waals surface area contributed by atoms with Crippen molar-refractivity contribution in [3.05, 3.63) is 53.7 Å². The highest BCUT2D eigenvalue weighted by atomic mass is 16.5. The highest BCUT2D eigenvalue weighted by Gasteiger charge is 2.02. The van der Waals surface area contributed by atoms with Crippen molar-refractivity contribution in [1.82, 2.24) is 4.98 Å². The molecule has 0 atom stereocenters. The lowest BCUT2D eigenvalue weighted by Crippen LogP contribution is -2.01. The molecule has 1 N–H and O–H groups in total. The van der Waals surface area contributed by atoms with E-state index < -0.39 is 0 Å². The molecule has 0 aliphatic carbocycles. The number of nitrogens with zero attached hydrogens (tertiary/aromatic N) is 1. The second-order valence-corrected chi connectivity index (χ2v) is 4.41. The molecule has 20 heavy (non-hydrogen) atoms. The average molecular weight is 270 g/mol. The predicted molar refractivity (Wildman–Crippen MR) is 79.2 cm³/mol. The van der Waals surface area contributed by atoms with E-state index in [9.17, 15) is 4.79 Å². The van der Waals surface area contributed by atoms with Crippen LogP contribution in [-0.4, -0.2) is 17.9 Å². The van der Waals surface area contributed by atoms with Gasteiger partial charge in [0.25, 0.3) is 0 Å². The molecule has 4 heteroatoms. The van der Waals surface area contributed by atoms with Gasteiger partial charge in [0.1, 0.15) is 0 Å². The number of pyridine rings is 1. The number of aromatic nitrogens is 1. The predicted octanol–water partition coefficient (Wildman–Crippen LogP) is 3.30. The lowest BCUT2D eigenvalue weighted by atomic mass is 10.1. The van der Waals surface area contributed by atoms with Crippen molar-refractivity contribution >= 4 is 11.5 Å². The van der Waals surface area contributed by atoms with Crippen LogP contribution in [0, 0.1) is 0 Å². The minimum absolute atomic E-state index is 0.162. The monoisotopic (exact) mass is 270 g/mol. The third-order valence-electron chi connectivity index (χ3n) is 3.03. The first kappa shape index (κ1) is 14.1. The van der Waals surface area contributed by atoms with Gasteiger partial charge in [-0.15, -0.1) is 0 Å². The normalized spacial score (nSPS) is 10.1. The number of carbonyl (C=O) groups is 1. The molecule has 2 rings (SSSR count). The van der Waals surface area contributed by atoms with Gasteiger partial charge in [-0.25, -0.2) is 4.98 Å². The summed E-state index contributed by atoms with van der Waals surface area (Å²) in [6.45, 7) is 2.55. The molecule has 0 fully saturated rings. The van der Waals surface area contributed by atoms with Crippen LogP contribution in [-0.2, 0) is 6.54 Å². The Labute approximate surface area is 118 Å². The lowest BCUT2D eigenvalue weighted by molar-refractivity contribution is 0.0988. The third kappa shape index (κ3) is 3.57. The molecular weight excluding hydrogens is 252 g/mol. The fourth-order valence-electron chi connectivity index (χ4n) is 1.85. The van der Waals surface area contributed by atoms with Crippen molar-refractivity contribution in [1.29, 1.82) is 0 Å². The van der Waals surface area contributed by atoms with Crippen molar-refractivity contribution in [2.45, 2.75) is 19.9 Å². The van der Waals surface area contributed by atoms with Gasteiger partial charge >= 0.3 is 0 Å². The van der Waals surface area contributed by atoms with E-state index in [1.807, 2.05) is 43.3 Å². The minimum Gasteiger partial charge on any atom is -0.481 e. The number of hydrogen-bond acceptors (Lipinski definition) is 4. The van der Waals surface area contributed by atoms with Crippen LogP contribution in [0.25, 0.3) is 0 Å². The summed E-state index contributed by atoms with van der Waals surface area (Å²) in [5.74, 6) is 0.767. The highest BCUT2D eigenvalue weighted by molar-refractivity contribution is 5.96. The van der Waals surface area contributed by atoms with Gasteiger partial charge < -0.3 is 10.1 Å². The summed E-state index contributed by atoms with van der Waals surface area (Å²) < 4.78 is 5.08. The number of ketones is 1. The first-order chi connectivity index (χ1) is 9.72. The summed E-state index contributed by atoms with van der Waals surface area (Å²) in [5.41, 5.74) is 2.82. The van der Waals surface area contributed by atoms with Gasteiger partial charge in [0, 0.05) is 36.5 Å².